The van der Waals surface area contributed by atoms with Gasteiger partial charge >= 0.3 is 0 Å². The van der Waals surface area contributed by atoms with Gasteiger partial charge in [-0.15, -0.1) is 0 Å². The number of aliphatic hydroxyl groups excluding tert-OH is 1. The molecule has 0 amide bonds. The van der Waals surface area contributed by atoms with Crippen molar-refractivity contribution in [3.05, 3.63) is 55.0 Å². The van der Waals surface area contributed by atoms with Gasteiger partial charge in [0.1, 0.15) is 11.4 Å². The first kappa shape index (κ1) is 19.6. The summed E-state index contributed by atoms with van der Waals surface area (Å²) < 4.78 is 5.80. The molecule has 0 saturated heterocycles. The van der Waals surface area contributed by atoms with E-state index in [-0.39, 0.29) is 12.7 Å². The lowest BCUT2D eigenvalue weighted by Gasteiger charge is -2.14. The zero-order valence-corrected chi connectivity index (χ0v) is 16.4. The molecule has 3 aromatic rings. The molecule has 0 atom stereocenters. The summed E-state index contributed by atoms with van der Waals surface area (Å²) in [5.41, 5.74) is 3.12. The van der Waals surface area contributed by atoms with Crippen molar-refractivity contribution in [3.8, 4) is 17.3 Å². The Morgan fingerprint density at radius 3 is 2.89 bits per heavy atom. The average molecular weight is 379 g/mol. The van der Waals surface area contributed by atoms with Crippen molar-refractivity contribution in [1.29, 1.82) is 0 Å². The Morgan fingerprint density at radius 2 is 2.18 bits per heavy atom. The predicted octanol–water partition coefficient (Wildman–Crippen LogP) is 3.26. The normalized spacial score (nSPS) is 11.8. The number of fused-ring (bicyclic) bond motifs is 1. The number of hydrogen-bond acceptors (Lipinski definition) is 6. The molecule has 2 N–H and O–H groups in total. The molecule has 0 fully saturated rings. The van der Waals surface area contributed by atoms with Crippen LogP contribution < -0.4 is 4.74 Å². The monoisotopic (exact) mass is 379 g/mol. The highest BCUT2D eigenvalue weighted by Crippen LogP contribution is 2.28. The lowest BCUT2D eigenvalue weighted by atomic mass is 10.1. The van der Waals surface area contributed by atoms with Crippen LogP contribution in [0.2, 0.25) is 0 Å². The Bertz CT molecular complexity index is 993. The third kappa shape index (κ3) is 4.37. The number of likely N-dealkylation sites (N-methyl/N-ethyl adjacent to an activating group) is 1. The Morgan fingerprint density at radius 1 is 1.36 bits per heavy atom. The molecule has 3 rings (SSSR count). The Kier molecular flexibility index (Phi) is 6.06. The number of aromatic amines is 1. The Labute approximate surface area is 164 Å². The van der Waals surface area contributed by atoms with Crippen LogP contribution >= 0.6 is 0 Å². The number of benzene rings is 1. The summed E-state index contributed by atoms with van der Waals surface area (Å²) >= 11 is 0. The molecule has 0 aliphatic rings. The highest BCUT2D eigenvalue weighted by Gasteiger charge is 2.14. The lowest BCUT2D eigenvalue weighted by Crippen LogP contribution is -2.16. The fourth-order valence-corrected chi connectivity index (χ4v) is 2.83. The number of hydrogen-bond donors (Lipinski definition) is 2. The molecule has 0 unspecified atom stereocenters. The van der Waals surface area contributed by atoms with Crippen LogP contribution in [0.15, 0.2) is 49.3 Å². The van der Waals surface area contributed by atoms with Gasteiger partial charge in [0.05, 0.1) is 23.9 Å². The third-order valence-electron chi connectivity index (χ3n) is 4.10. The SMILES string of the molecule is C=C/C(=C\N(C)CCO)c1ccnc(-c2n[nH]c3ccc(OC(C)C)cc23)n1. The summed E-state index contributed by atoms with van der Waals surface area (Å²) in [6.45, 7) is 8.46. The van der Waals surface area contributed by atoms with Crippen LogP contribution in [0.4, 0.5) is 0 Å². The number of nitrogens with one attached hydrogen (secondary N) is 1. The molecular weight excluding hydrogens is 354 g/mol. The second-order valence-corrected chi connectivity index (χ2v) is 6.70. The summed E-state index contributed by atoms with van der Waals surface area (Å²) in [6, 6.07) is 7.62. The molecule has 0 saturated carbocycles. The van der Waals surface area contributed by atoms with Crippen molar-refractivity contribution < 1.29 is 9.84 Å². The summed E-state index contributed by atoms with van der Waals surface area (Å²) in [5.74, 6) is 1.29. The fourth-order valence-electron chi connectivity index (χ4n) is 2.83. The number of ether oxygens (including phenoxy) is 1. The molecule has 0 radical (unpaired) electrons. The molecule has 0 spiro atoms. The number of rotatable bonds is 8. The second-order valence-electron chi connectivity index (χ2n) is 6.70. The van der Waals surface area contributed by atoms with E-state index in [4.69, 9.17) is 9.84 Å². The molecule has 2 heterocycles. The van der Waals surface area contributed by atoms with E-state index >= 15 is 0 Å². The van der Waals surface area contributed by atoms with Crippen molar-refractivity contribution in [2.45, 2.75) is 20.0 Å². The molecule has 7 heteroatoms. The molecule has 0 aliphatic heterocycles. The molecule has 1 aromatic carbocycles. The quantitative estimate of drug-likeness (QED) is 0.584. The summed E-state index contributed by atoms with van der Waals surface area (Å²) in [7, 11) is 1.89. The predicted molar refractivity (Wildman–Crippen MR) is 111 cm³/mol. The van der Waals surface area contributed by atoms with E-state index in [0.717, 1.165) is 27.9 Å². The standard InChI is InChI=1S/C21H25N5O2/c1-5-15(13-26(4)10-11-27)18-8-9-22-21(23-18)20-17-12-16(28-14(2)3)6-7-19(17)24-25-20/h5-9,12-14,27H,1,10-11H2,2-4H3,(H,24,25)/b15-13+. The molecular formula is C21H25N5O2. The van der Waals surface area contributed by atoms with E-state index in [2.05, 4.69) is 26.7 Å². The van der Waals surface area contributed by atoms with Crippen molar-refractivity contribution in [1.82, 2.24) is 25.1 Å². The maximum absolute atomic E-state index is 9.10. The van der Waals surface area contributed by atoms with Gasteiger partial charge < -0.3 is 14.7 Å². The van der Waals surface area contributed by atoms with Crippen LogP contribution in [-0.4, -0.2) is 56.5 Å². The number of aromatic nitrogens is 4. The Balaban J connectivity index is 2.01. The average Bonchev–Trinajstić information content (AvgIpc) is 3.09. The summed E-state index contributed by atoms with van der Waals surface area (Å²) in [5, 5.41) is 17.4. The summed E-state index contributed by atoms with van der Waals surface area (Å²) in [6.07, 6.45) is 5.42. The molecule has 0 aliphatic carbocycles. The smallest absolute Gasteiger partial charge is 0.181 e. The largest absolute Gasteiger partial charge is 0.491 e. The first-order valence-electron chi connectivity index (χ1n) is 9.15. The topological polar surface area (TPSA) is 87.2 Å². The number of allylic oxidation sites excluding steroid dienone is 2. The van der Waals surface area contributed by atoms with Gasteiger partial charge in [-0.1, -0.05) is 12.7 Å². The first-order chi connectivity index (χ1) is 13.5. The highest BCUT2D eigenvalue weighted by molar-refractivity contribution is 5.92. The first-order valence-corrected chi connectivity index (χ1v) is 9.15. The maximum Gasteiger partial charge on any atom is 0.181 e. The minimum Gasteiger partial charge on any atom is -0.491 e. The van der Waals surface area contributed by atoms with Crippen LogP contribution in [0.1, 0.15) is 19.5 Å². The second kappa shape index (κ2) is 8.67. The van der Waals surface area contributed by atoms with Crippen LogP contribution in [0.3, 0.4) is 0 Å². The van der Waals surface area contributed by atoms with Crippen molar-refractivity contribution >= 4 is 16.5 Å². The van der Waals surface area contributed by atoms with E-state index in [9.17, 15) is 0 Å². The van der Waals surface area contributed by atoms with Gasteiger partial charge in [-0.05, 0) is 38.1 Å². The molecule has 7 nitrogen and oxygen atoms in total. The van der Waals surface area contributed by atoms with Crippen LogP contribution in [0.25, 0.3) is 28.0 Å². The van der Waals surface area contributed by atoms with E-state index < -0.39 is 0 Å². The van der Waals surface area contributed by atoms with Crippen molar-refractivity contribution in [3.63, 3.8) is 0 Å². The minimum absolute atomic E-state index is 0.0759. The van der Waals surface area contributed by atoms with Gasteiger partial charge in [0, 0.05) is 36.9 Å². The maximum atomic E-state index is 9.10. The van der Waals surface area contributed by atoms with Gasteiger partial charge in [0.2, 0.25) is 0 Å². The van der Waals surface area contributed by atoms with Gasteiger partial charge in [-0.25, -0.2) is 9.97 Å². The van der Waals surface area contributed by atoms with E-state index in [1.807, 2.05) is 56.3 Å². The van der Waals surface area contributed by atoms with Gasteiger partial charge in [0.15, 0.2) is 5.82 Å². The highest BCUT2D eigenvalue weighted by atomic mass is 16.5. The number of H-pyrrole nitrogens is 1. The number of aliphatic hydroxyl groups is 1. The molecule has 146 valence electrons. The van der Waals surface area contributed by atoms with Crippen molar-refractivity contribution in [2.75, 3.05) is 20.2 Å². The van der Waals surface area contributed by atoms with E-state index in [1.54, 1.807) is 12.3 Å². The van der Waals surface area contributed by atoms with Crippen LogP contribution in [-0.2, 0) is 0 Å². The minimum atomic E-state index is 0.0759. The van der Waals surface area contributed by atoms with Crippen LogP contribution in [0.5, 0.6) is 5.75 Å². The fraction of sp³-hybridized carbons (Fsp3) is 0.286. The van der Waals surface area contributed by atoms with Gasteiger partial charge in [0.25, 0.3) is 0 Å². The van der Waals surface area contributed by atoms with E-state index in [1.165, 1.54) is 0 Å². The lowest BCUT2D eigenvalue weighted by molar-refractivity contribution is 0.243. The molecule has 0 bridgehead atoms. The third-order valence-corrected chi connectivity index (χ3v) is 4.10. The summed E-state index contributed by atoms with van der Waals surface area (Å²) in [4.78, 5) is 11.0. The molecule has 28 heavy (non-hydrogen) atoms. The Hall–Kier alpha value is -3.19. The van der Waals surface area contributed by atoms with Gasteiger partial charge in [-0.2, -0.15) is 5.10 Å². The zero-order chi connectivity index (χ0) is 20.1. The zero-order valence-electron chi connectivity index (χ0n) is 16.4. The number of nitrogens with zero attached hydrogens (tertiary/aromatic N) is 4. The molecule has 2 aromatic heterocycles. The van der Waals surface area contributed by atoms with Crippen molar-refractivity contribution in [2.24, 2.45) is 0 Å². The van der Waals surface area contributed by atoms with E-state index in [0.29, 0.717) is 18.1 Å². The van der Waals surface area contributed by atoms with Gasteiger partial charge in [-0.3, -0.25) is 5.10 Å². The van der Waals surface area contributed by atoms with Crippen LogP contribution in [0, 0.1) is 0 Å².